The highest BCUT2D eigenvalue weighted by atomic mass is 32.2. The Labute approximate surface area is 59.3 Å². The van der Waals surface area contributed by atoms with Crippen molar-refractivity contribution in [1.29, 1.82) is 0 Å². The number of rotatable bonds is 4. The largest absolute Gasteiger partial charge is 0.327 e. The third kappa shape index (κ3) is 2.60. The second-order valence-electron chi connectivity index (χ2n) is 1.46. The summed E-state index contributed by atoms with van der Waals surface area (Å²) in [4.78, 5) is 9.84. The van der Waals surface area contributed by atoms with Crippen LogP contribution in [0.15, 0.2) is 12.7 Å². The average Bonchev–Trinajstić information content (AvgIpc) is 1.80. The van der Waals surface area contributed by atoms with E-state index in [9.17, 15) is 13.2 Å². The summed E-state index contributed by atoms with van der Waals surface area (Å²) in [6.45, 7) is 3.07. The van der Waals surface area contributed by atoms with E-state index >= 15 is 0 Å². The van der Waals surface area contributed by atoms with Gasteiger partial charge in [-0.25, -0.2) is 9.44 Å². The fraction of sp³-hybridized carbons (Fsp3) is 0.250. The van der Waals surface area contributed by atoms with Crippen molar-refractivity contribution < 1.29 is 13.2 Å². The fourth-order valence-corrected chi connectivity index (χ4v) is 0.727. The van der Waals surface area contributed by atoms with E-state index in [2.05, 4.69) is 11.7 Å². The van der Waals surface area contributed by atoms with Crippen LogP contribution in [0.4, 0.5) is 0 Å². The monoisotopic (exact) mass is 163 g/mol. The van der Waals surface area contributed by atoms with E-state index in [0.29, 0.717) is 4.31 Å². The van der Waals surface area contributed by atoms with Crippen LogP contribution in [-0.2, 0) is 15.0 Å². The second-order valence-corrected chi connectivity index (χ2v) is 2.93. The standard InChI is InChI=1S/C4H7N2O3S/c1-2-3-6(4-7)10(5,8)9/h2H,1,3H2,(H2,5,8,9). The van der Waals surface area contributed by atoms with Crippen LogP contribution in [-0.4, -0.2) is 25.7 Å². The van der Waals surface area contributed by atoms with Crippen LogP contribution in [0.2, 0.25) is 0 Å². The molecule has 10 heavy (non-hydrogen) atoms. The molecule has 0 saturated heterocycles. The second kappa shape index (κ2) is 3.33. The van der Waals surface area contributed by atoms with Gasteiger partial charge in [0.15, 0.2) is 0 Å². The number of nitrogens with two attached hydrogens (primary N) is 1. The number of nitrogens with zero attached hydrogens (tertiary/aromatic N) is 1. The van der Waals surface area contributed by atoms with Crippen LogP contribution < -0.4 is 5.14 Å². The summed E-state index contributed by atoms with van der Waals surface area (Å²) in [5, 5.41) is 4.56. The third-order valence-corrected chi connectivity index (χ3v) is 1.54. The smallest absolute Gasteiger partial charge is 0.262 e. The number of hydrogen-bond donors (Lipinski definition) is 1. The van der Waals surface area contributed by atoms with Crippen molar-refractivity contribution in [3.05, 3.63) is 12.7 Å². The van der Waals surface area contributed by atoms with E-state index in [-0.39, 0.29) is 6.54 Å². The molecule has 0 aromatic rings. The van der Waals surface area contributed by atoms with Crippen molar-refractivity contribution in [1.82, 2.24) is 4.31 Å². The van der Waals surface area contributed by atoms with Crippen LogP contribution >= 0.6 is 0 Å². The van der Waals surface area contributed by atoms with E-state index in [1.54, 1.807) is 0 Å². The van der Waals surface area contributed by atoms with Crippen LogP contribution in [0.25, 0.3) is 0 Å². The summed E-state index contributed by atoms with van der Waals surface area (Å²) in [6, 6.07) is 0. The molecule has 0 heterocycles. The van der Waals surface area contributed by atoms with Crippen molar-refractivity contribution >= 4 is 16.6 Å². The lowest BCUT2D eigenvalue weighted by molar-refractivity contribution is 0.486. The normalized spacial score (nSPS) is 10.5. The molecule has 57 valence electrons. The van der Waals surface area contributed by atoms with Crippen molar-refractivity contribution in [3.8, 4) is 0 Å². The molecule has 1 radical (unpaired) electrons. The zero-order valence-electron chi connectivity index (χ0n) is 5.15. The lowest BCUT2D eigenvalue weighted by Crippen LogP contribution is -2.35. The molecule has 0 aromatic carbocycles. The van der Waals surface area contributed by atoms with Crippen LogP contribution in [0.5, 0.6) is 0 Å². The molecule has 0 spiro atoms. The zero-order chi connectivity index (χ0) is 8.20. The molecular formula is C4H7N2O3S. The zero-order valence-corrected chi connectivity index (χ0v) is 5.97. The molecule has 0 fully saturated rings. The summed E-state index contributed by atoms with van der Waals surface area (Å²) < 4.78 is 21.0. The minimum atomic E-state index is -3.94. The Morgan fingerprint density at radius 1 is 1.70 bits per heavy atom. The number of carbonyl (C=O) groups excluding carboxylic acids is 1. The SMILES string of the molecule is C=CCN([C]=O)S(N)(=O)=O. The van der Waals surface area contributed by atoms with Gasteiger partial charge in [-0.3, -0.25) is 4.79 Å². The van der Waals surface area contributed by atoms with Gasteiger partial charge in [-0.1, -0.05) is 6.08 Å². The van der Waals surface area contributed by atoms with E-state index < -0.39 is 10.2 Å². The first-order valence-corrected chi connectivity index (χ1v) is 3.82. The van der Waals surface area contributed by atoms with E-state index in [4.69, 9.17) is 0 Å². The summed E-state index contributed by atoms with van der Waals surface area (Å²) in [5.41, 5.74) is 0. The average molecular weight is 163 g/mol. The van der Waals surface area contributed by atoms with Crippen molar-refractivity contribution in [2.75, 3.05) is 6.54 Å². The Hall–Kier alpha value is -0.880. The molecule has 0 bridgehead atoms. The van der Waals surface area contributed by atoms with Gasteiger partial charge in [0.1, 0.15) is 0 Å². The predicted molar refractivity (Wildman–Crippen MR) is 35.7 cm³/mol. The van der Waals surface area contributed by atoms with E-state index in [1.165, 1.54) is 6.08 Å². The predicted octanol–water partition coefficient (Wildman–Crippen LogP) is -1.25. The summed E-state index contributed by atoms with van der Waals surface area (Å²) >= 11 is 0. The van der Waals surface area contributed by atoms with Crippen molar-refractivity contribution in [2.24, 2.45) is 5.14 Å². The maximum Gasteiger partial charge on any atom is 0.327 e. The van der Waals surface area contributed by atoms with Crippen LogP contribution in [0.3, 0.4) is 0 Å². The first-order valence-electron chi connectivity index (χ1n) is 2.31. The third-order valence-electron chi connectivity index (χ3n) is 0.704. The lowest BCUT2D eigenvalue weighted by Gasteiger charge is -2.08. The first-order chi connectivity index (χ1) is 4.52. The van der Waals surface area contributed by atoms with Gasteiger partial charge >= 0.3 is 16.6 Å². The lowest BCUT2D eigenvalue weighted by atomic mass is 10.6. The first kappa shape index (κ1) is 9.12. The van der Waals surface area contributed by atoms with E-state index in [0.717, 1.165) is 6.41 Å². The Morgan fingerprint density at radius 2 is 2.20 bits per heavy atom. The van der Waals surface area contributed by atoms with Gasteiger partial charge in [-0.2, -0.15) is 8.42 Å². The van der Waals surface area contributed by atoms with Crippen LogP contribution in [0, 0.1) is 0 Å². The molecular weight excluding hydrogens is 156 g/mol. The summed E-state index contributed by atoms with van der Waals surface area (Å²) in [5.74, 6) is 0. The van der Waals surface area contributed by atoms with Gasteiger partial charge in [-0.05, 0) is 0 Å². The summed E-state index contributed by atoms with van der Waals surface area (Å²) in [7, 11) is -3.94. The Balaban J connectivity index is 4.36. The van der Waals surface area contributed by atoms with Crippen molar-refractivity contribution in [3.63, 3.8) is 0 Å². The minimum Gasteiger partial charge on any atom is -0.262 e. The molecule has 0 rings (SSSR count). The van der Waals surface area contributed by atoms with Gasteiger partial charge < -0.3 is 0 Å². The molecule has 0 unspecified atom stereocenters. The molecule has 0 aliphatic carbocycles. The van der Waals surface area contributed by atoms with Crippen molar-refractivity contribution in [2.45, 2.75) is 0 Å². The van der Waals surface area contributed by atoms with Gasteiger partial charge in [0.25, 0.3) is 0 Å². The van der Waals surface area contributed by atoms with Gasteiger partial charge in [-0.15, -0.1) is 6.58 Å². The molecule has 0 aliphatic heterocycles. The highest BCUT2D eigenvalue weighted by Gasteiger charge is 2.12. The quantitative estimate of drug-likeness (QED) is 0.415. The molecule has 0 aromatic heterocycles. The molecule has 2 N–H and O–H groups in total. The maximum absolute atomic E-state index is 10.3. The fourth-order valence-electron chi connectivity index (χ4n) is 0.310. The molecule has 0 aliphatic rings. The number of amides is 1. The van der Waals surface area contributed by atoms with Gasteiger partial charge in [0, 0.05) is 0 Å². The maximum atomic E-state index is 10.3. The van der Waals surface area contributed by atoms with E-state index in [1.807, 2.05) is 0 Å². The Bertz CT molecular complexity index is 221. The Morgan fingerprint density at radius 3 is 2.30 bits per heavy atom. The topological polar surface area (TPSA) is 80.5 Å². The van der Waals surface area contributed by atoms with Gasteiger partial charge in [0.2, 0.25) is 0 Å². The van der Waals surface area contributed by atoms with Gasteiger partial charge in [0.05, 0.1) is 6.54 Å². The molecule has 1 amide bonds. The molecule has 0 saturated carbocycles. The number of hydrogen-bond acceptors (Lipinski definition) is 3. The highest BCUT2D eigenvalue weighted by molar-refractivity contribution is 7.87. The highest BCUT2D eigenvalue weighted by Crippen LogP contribution is 1.87. The molecule has 0 atom stereocenters. The summed E-state index contributed by atoms with van der Waals surface area (Å²) in [6.07, 6.45) is 2.37. The molecule has 6 heteroatoms. The minimum absolute atomic E-state index is 0.150. The van der Waals surface area contributed by atoms with Crippen LogP contribution in [0.1, 0.15) is 0 Å². The Kier molecular flexibility index (Phi) is 3.04. The molecule has 5 nitrogen and oxygen atoms in total.